The smallest absolute Gasteiger partial charge is 0.382 e. The summed E-state index contributed by atoms with van der Waals surface area (Å²) in [4.78, 5) is 9.70. The molecule has 0 spiro atoms. The second kappa shape index (κ2) is 10.7. The van der Waals surface area contributed by atoms with Crippen LogP contribution in [0.3, 0.4) is 0 Å². The maximum Gasteiger partial charge on any atom is 0.448 e. The van der Waals surface area contributed by atoms with E-state index in [1.165, 1.54) is 12.1 Å². The molecule has 0 fully saturated rings. The minimum atomic E-state index is -4.74. The Hall–Kier alpha value is -3.64. The number of alkyl halides is 3. The lowest BCUT2D eigenvalue weighted by molar-refractivity contribution is -0.0618. The summed E-state index contributed by atoms with van der Waals surface area (Å²) >= 11 is 0. The Morgan fingerprint density at radius 3 is 2.67 bits per heavy atom. The van der Waals surface area contributed by atoms with Crippen molar-refractivity contribution in [2.75, 3.05) is 12.4 Å². The highest BCUT2D eigenvalue weighted by molar-refractivity contribution is 5.89. The predicted octanol–water partition coefficient (Wildman–Crippen LogP) is 4.41. The summed E-state index contributed by atoms with van der Waals surface area (Å²) in [6, 6.07) is 7.34. The Morgan fingerprint density at radius 2 is 1.95 bits per heavy atom. The van der Waals surface area contributed by atoms with Gasteiger partial charge in [0.05, 0.1) is 18.1 Å². The number of aliphatic hydroxyl groups is 2. The monoisotopic (exact) mass is 560 g/mol. The molecule has 1 aliphatic carbocycles. The van der Waals surface area contributed by atoms with Gasteiger partial charge in [-0.25, -0.2) is 9.38 Å². The van der Waals surface area contributed by atoms with Crippen LogP contribution in [0.4, 0.5) is 28.9 Å². The number of halogens is 4. The number of aliphatic imine (C=N–C) groups is 2. The van der Waals surface area contributed by atoms with Crippen LogP contribution in [-0.4, -0.2) is 58.8 Å². The van der Waals surface area contributed by atoms with Crippen molar-refractivity contribution in [1.29, 1.82) is 0 Å². The van der Waals surface area contributed by atoms with Crippen molar-refractivity contribution >= 4 is 23.5 Å². The lowest BCUT2D eigenvalue weighted by Gasteiger charge is -2.34. The number of aryl methyl sites for hydroxylation is 1. The molecule has 5 rings (SSSR count). The molecule has 0 amide bonds. The number of benzene rings is 2. The molecule has 8 nitrogen and oxygen atoms in total. The van der Waals surface area contributed by atoms with Gasteiger partial charge >= 0.3 is 6.18 Å². The molecule has 2 aromatic carbocycles. The van der Waals surface area contributed by atoms with Gasteiger partial charge in [-0.1, -0.05) is 25.1 Å². The zero-order valence-corrected chi connectivity index (χ0v) is 22.2. The van der Waals surface area contributed by atoms with Crippen LogP contribution in [-0.2, 0) is 0 Å². The van der Waals surface area contributed by atoms with Crippen molar-refractivity contribution in [3.05, 3.63) is 70.7 Å². The number of anilines is 1. The minimum Gasteiger partial charge on any atom is -0.382 e. The average molecular weight is 561 g/mol. The maximum absolute atomic E-state index is 14.2. The van der Waals surface area contributed by atoms with Crippen LogP contribution in [0, 0.1) is 18.7 Å². The number of hydrogen-bond donors (Lipinski definition) is 5. The predicted molar refractivity (Wildman–Crippen MR) is 145 cm³/mol. The van der Waals surface area contributed by atoms with Gasteiger partial charge in [-0.05, 0) is 54.7 Å². The molecule has 6 unspecified atom stereocenters. The largest absolute Gasteiger partial charge is 0.448 e. The minimum absolute atomic E-state index is 0.0553. The highest BCUT2D eigenvalue weighted by Crippen LogP contribution is 2.35. The summed E-state index contributed by atoms with van der Waals surface area (Å²) in [5.41, 5.74) is 3.42. The third kappa shape index (κ3) is 5.64. The van der Waals surface area contributed by atoms with Crippen molar-refractivity contribution in [2.24, 2.45) is 15.9 Å². The van der Waals surface area contributed by atoms with Crippen LogP contribution in [0.15, 0.2) is 58.2 Å². The maximum atomic E-state index is 14.2. The average Bonchev–Trinajstić information content (AvgIpc) is 3.37. The first-order valence-corrected chi connectivity index (χ1v) is 13.1. The number of nitrogens with zero attached hydrogens (tertiary/aromatic N) is 3. The first-order chi connectivity index (χ1) is 18.9. The lowest BCUT2D eigenvalue weighted by atomic mass is 9.88. The van der Waals surface area contributed by atoms with Gasteiger partial charge in [0.1, 0.15) is 18.1 Å². The highest BCUT2D eigenvalue weighted by Gasteiger charge is 2.46. The second-order valence-corrected chi connectivity index (χ2v) is 10.6. The quantitative estimate of drug-likeness (QED) is 0.265. The van der Waals surface area contributed by atoms with Crippen molar-refractivity contribution in [1.82, 2.24) is 15.5 Å². The molecule has 214 valence electrons. The number of fused-ring (bicyclic) bond motifs is 1. The van der Waals surface area contributed by atoms with E-state index in [0.717, 1.165) is 11.8 Å². The van der Waals surface area contributed by atoms with Crippen molar-refractivity contribution in [3.63, 3.8) is 0 Å². The Morgan fingerprint density at radius 1 is 1.18 bits per heavy atom. The van der Waals surface area contributed by atoms with E-state index >= 15 is 0 Å². The topological polar surface area (TPSA) is 105 Å². The van der Waals surface area contributed by atoms with E-state index in [-0.39, 0.29) is 17.5 Å². The molecule has 12 heteroatoms. The number of nitrogens with one attached hydrogen (secondary N) is 3. The summed E-state index contributed by atoms with van der Waals surface area (Å²) in [6.45, 7) is 3.64. The van der Waals surface area contributed by atoms with Crippen molar-refractivity contribution < 1.29 is 27.8 Å². The molecule has 40 heavy (non-hydrogen) atoms. The Bertz CT molecular complexity index is 1360. The Balaban J connectivity index is 1.30. The van der Waals surface area contributed by atoms with Gasteiger partial charge in [-0.2, -0.15) is 13.2 Å². The highest BCUT2D eigenvalue weighted by atomic mass is 19.4. The van der Waals surface area contributed by atoms with Gasteiger partial charge in [0, 0.05) is 36.5 Å². The van der Waals surface area contributed by atoms with Gasteiger partial charge in [0.2, 0.25) is 5.84 Å². The van der Waals surface area contributed by atoms with Gasteiger partial charge in [0.25, 0.3) is 0 Å². The number of hydrogen-bond acceptors (Lipinski definition) is 8. The van der Waals surface area contributed by atoms with Crippen LogP contribution >= 0.6 is 0 Å². The normalized spacial score (nSPS) is 26.9. The molecule has 2 aromatic rings. The Labute approximate surface area is 229 Å². The zero-order chi connectivity index (χ0) is 28.8. The van der Waals surface area contributed by atoms with E-state index in [9.17, 15) is 27.8 Å². The third-order valence-corrected chi connectivity index (χ3v) is 7.68. The summed E-state index contributed by atoms with van der Waals surface area (Å²) < 4.78 is 54.8. The van der Waals surface area contributed by atoms with Gasteiger partial charge in [-0.15, -0.1) is 0 Å². The SMILES string of the molecule is Cc1ccc(C2N=C(C(F)(F)F)NC2C(O)NC2=CCC(C)C(Nc3ccc4c(c3)C(O)N(C)C=N4)C2)cc1F. The standard InChI is InChI=1S/C28H32F4N6O2/c1-14-4-6-16(10-20(14)29)23-24(37-27(36-23)28(30,31)32)25(39)35-18-7-5-15(2)22(12-18)34-17-8-9-21-19(11-17)26(40)38(3)13-33-21/h4,6-11,13,15,22-26,34-35,39-40H,5,12H2,1-3H3,(H,36,37). The molecule has 0 saturated heterocycles. The number of allylic oxidation sites excluding steroid dienone is 1. The molecular weight excluding hydrogens is 528 g/mol. The molecule has 6 atom stereocenters. The summed E-state index contributed by atoms with van der Waals surface area (Å²) in [5.74, 6) is -1.54. The summed E-state index contributed by atoms with van der Waals surface area (Å²) in [5, 5.41) is 30.3. The molecule has 3 aliphatic rings. The fourth-order valence-corrected chi connectivity index (χ4v) is 5.20. The molecule has 2 heterocycles. The number of amidine groups is 1. The lowest BCUT2D eigenvalue weighted by Crippen LogP contribution is -2.51. The van der Waals surface area contributed by atoms with E-state index in [4.69, 9.17) is 0 Å². The van der Waals surface area contributed by atoms with E-state index in [2.05, 4.69) is 32.9 Å². The van der Waals surface area contributed by atoms with E-state index in [1.807, 2.05) is 24.3 Å². The fraction of sp³-hybridized carbons (Fsp3) is 0.429. The van der Waals surface area contributed by atoms with E-state index in [1.54, 1.807) is 25.2 Å². The van der Waals surface area contributed by atoms with Crippen LogP contribution in [0.2, 0.25) is 0 Å². The molecule has 2 aliphatic heterocycles. The van der Waals surface area contributed by atoms with E-state index in [0.29, 0.717) is 35.4 Å². The molecule has 5 N–H and O–H groups in total. The summed E-state index contributed by atoms with van der Waals surface area (Å²) in [6.07, 6.45) is -2.37. The molecule has 0 bridgehead atoms. The summed E-state index contributed by atoms with van der Waals surface area (Å²) in [7, 11) is 1.73. The number of aliphatic hydroxyl groups excluding tert-OH is 2. The van der Waals surface area contributed by atoms with Gasteiger partial charge in [0.15, 0.2) is 6.23 Å². The second-order valence-electron chi connectivity index (χ2n) is 10.6. The number of rotatable bonds is 6. The molecular formula is C28H32F4N6O2. The first kappa shape index (κ1) is 27.9. The Kier molecular flexibility index (Phi) is 7.49. The molecule has 0 radical (unpaired) electrons. The van der Waals surface area contributed by atoms with Crippen LogP contribution in [0.25, 0.3) is 0 Å². The molecule has 0 saturated carbocycles. The van der Waals surface area contributed by atoms with Crippen LogP contribution in [0.5, 0.6) is 0 Å². The van der Waals surface area contributed by atoms with Gasteiger partial charge < -0.3 is 31.1 Å². The van der Waals surface area contributed by atoms with E-state index < -0.39 is 42.4 Å². The van der Waals surface area contributed by atoms with Gasteiger partial charge in [-0.3, -0.25) is 4.99 Å². The van der Waals surface area contributed by atoms with Crippen LogP contribution in [0.1, 0.15) is 48.7 Å². The first-order valence-electron chi connectivity index (χ1n) is 13.1. The fourth-order valence-electron chi connectivity index (χ4n) is 5.20. The van der Waals surface area contributed by atoms with Crippen LogP contribution < -0.4 is 16.0 Å². The third-order valence-electron chi connectivity index (χ3n) is 7.68. The zero-order valence-electron chi connectivity index (χ0n) is 22.2. The van der Waals surface area contributed by atoms with Crippen molar-refractivity contribution in [3.8, 4) is 0 Å². The van der Waals surface area contributed by atoms with Crippen molar-refractivity contribution in [2.45, 2.75) is 63.4 Å². The molecule has 0 aromatic heterocycles.